The maximum atomic E-state index is 7.00. The third kappa shape index (κ3) is 5.86. The van der Waals surface area contributed by atoms with Gasteiger partial charge in [-0.25, -0.2) is 0 Å². The van der Waals surface area contributed by atoms with Crippen molar-refractivity contribution in [3.8, 4) is 33.8 Å². The molecule has 5 N–H and O–H groups in total. The molecule has 0 fully saturated rings. The Morgan fingerprint density at radius 3 is 1.93 bits per heavy atom. The van der Waals surface area contributed by atoms with Gasteiger partial charge >= 0.3 is 0 Å². The molecule has 2 atom stereocenters. The van der Waals surface area contributed by atoms with Crippen molar-refractivity contribution in [2.75, 3.05) is 6.54 Å². The van der Waals surface area contributed by atoms with E-state index in [1.54, 1.807) is 0 Å². The van der Waals surface area contributed by atoms with E-state index in [4.69, 9.17) is 10.5 Å². The zero-order valence-corrected chi connectivity index (χ0v) is 32.4. The van der Waals surface area contributed by atoms with Gasteiger partial charge in [0.15, 0.2) is 0 Å². The fourth-order valence-corrected chi connectivity index (χ4v) is 9.47. The van der Waals surface area contributed by atoms with Crippen LogP contribution in [0.25, 0.3) is 39.0 Å². The van der Waals surface area contributed by atoms with Gasteiger partial charge in [0.05, 0.1) is 11.6 Å². The second-order valence-corrected chi connectivity index (χ2v) is 15.6. The Balaban J connectivity index is 0.927. The average molecular weight is 763 g/mol. The fraction of sp³-hybridized carbons (Fsp3) is 0.0741. The zero-order valence-electron chi connectivity index (χ0n) is 32.4. The van der Waals surface area contributed by atoms with Crippen LogP contribution in [0.4, 0.5) is 0 Å². The first kappa shape index (κ1) is 35.0. The first-order valence-corrected chi connectivity index (χ1v) is 20.3. The highest BCUT2D eigenvalue weighted by molar-refractivity contribution is 5.93. The second kappa shape index (κ2) is 14.3. The number of hydrogen-bond donors (Lipinski definition) is 4. The van der Waals surface area contributed by atoms with E-state index in [0.717, 1.165) is 79.3 Å². The second-order valence-electron chi connectivity index (χ2n) is 15.6. The van der Waals surface area contributed by atoms with Crippen LogP contribution in [0, 0.1) is 0 Å². The average Bonchev–Trinajstić information content (AvgIpc) is 3.59. The third-order valence-corrected chi connectivity index (χ3v) is 12.2. The third-order valence-electron chi connectivity index (χ3n) is 12.2. The molecule has 284 valence electrons. The molecule has 0 saturated carbocycles. The van der Waals surface area contributed by atoms with Crippen molar-refractivity contribution in [3.05, 3.63) is 245 Å². The summed E-state index contributed by atoms with van der Waals surface area (Å²) in [4.78, 5) is 0. The van der Waals surface area contributed by atoms with Crippen LogP contribution in [0.2, 0.25) is 0 Å². The molecule has 5 heteroatoms. The summed E-state index contributed by atoms with van der Waals surface area (Å²) in [5.41, 5.74) is 23.9. The van der Waals surface area contributed by atoms with Crippen LogP contribution in [0.15, 0.2) is 206 Å². The molecular formula is C54H42N4O. The molecule has 5 nitrogen and oxygen atoms in total. The summed E-state index contributed by atoms with van der Waals surface area (Å²) < 4.78 is 6.56. The van der Waals surface area contributed by atoms with E-state index in [-0.39, 0.29) is 6.17 Å². The van der Waals surface area contributed by atoms with Crippen LogP contribution in [0.5, 0.6) is 11.5 Å². The van der Waals surface area contributed by atoms with Crippen molar-refractivity contribution < 1.29 is 4.74 Å². The Labute approximate surface area is 344 Å². The highest BCUT2D eigenvalue weighted by Gasteiger charge is 2.52. The minimum absolute atomic E-state index is 0.185. The summed E-state index contributed by atoms with van der Waals surface area (Å²) in [5, 5.41) is 11.1. The lowest BCUT2D eigenvalue weighted by Crippen LogP contribution is -2.46. The number of nitrogens with one attached hydrogen (secondary N) is 3. The Kier molecular flexibility index (Phi) is 8.51. The van der Waals surface area contributed by atoms with E-state index in [1.807, 2.05) is 12.1 Å². The van der Waals surface area contributed by atoms with Crippen LogP contribution in [0.1, 0.15) is 45.1 Å². The number of rotatable bonds is 7. The monoisotopic (exact) mass is 762 g/mol. The number of ether oxygens (including phenoxy) is 1. The number of hydrogen-bond acceptors (Lipinski definition) is 5. The van der Waals surface area contributed by atoms with Crippen LogP contribution >= 0.6 is 0 Å². The largest absolute Gasteiger partial charge is 0.457 e. The molecule has 1 aliphatic carbocycles. The summed E-state index contributed by atoms with van der Waals surface area (Å²) in [7, 11) is 0. The maximum absolute atomic E-state index is 7.00. The molecule has 59 heavy (non-hydrogen) atoms. The molecule has 7 aromatic carbocycles. The van der Waals surface area contributed by atoms with Crippen molar-refractivity contribution >= 4 is 16.7 Å². The minimum Gasteiger partial charge on any atom is -0.457 e. The summed E-state index contributed by atoms with van der Waals surface area (Å²) in [6.45, 7) is 0.779. The normalized spacial score (nSPS) is 17.3. The van der Waals surface area contributed by atoms with E-state index in [2.05, 4.69) is 204 Å². The molecule has 4 aliphatic rings. The quantitative estimate of drug-likeness (QED) is 0.122. The number of nitrogens with two attached hydrogens (primary N) is 1. The summed E-state index contributed by atoms with van der Waals surface area (Å²) in [6.07, 6.45) is 8.23. The number of benzene rings is 7. The van der Waals surface area contributed by atoms with Crippen molar-refractivity contribution in [1.82, 2.24) is 16.0 Å². The lowest BCUT2D eigenvalue weighted by molar-refractivity contribution is 0.429. The first-order chi connectivity index (χ1) is 29.1. The van der Waals surface area contributed by atoms with E-state index in [1.165, 1.54) is 22.4 Å². The van der Waals surface area contributed by atoms with Gasteiger partial charge in [-0.1, -0.05) is 158 Å². The Morgan fingerprint density at radius 2 is 1.20 bits per heavy atom. The smallest absolute Gasteiger partial charge is 0.132 e. The molecule has 7 aromatic rings. The van der Waals surface area contributed by atoms with E-state index in [0.29, 0.717) is 0 Å². The number of fused-ring (bicyclic) bond motifs is 8. The summed E-state index contributed by atoms with van der Waals surface area (Å²) in [6, 6.07) is 62.4. The predicted octanol–water partition coefficient (Wildman–Crippen LogP) is 10.9. The van der Waals surface area contributed by atoms with Crippen molar-refractivity contribution in [3.63, 3.8) is 0 Å². The Bertz CT molecular complexity index is 2840. The number of allylic oxidation sites excluding steroid dienone is 5. The standard InChI is InChI=1S/C54H42N4O/c55-52(58-53-45(36-16-5-2-6-17-36)32-42(34-57-53)35-14-3-1-4-15-35)41-21-12-20-39(31-41)37-18-11-19-38(30-37)40-27-28-43-44-22-13-29-56-51(44)54(48(43)33-40)46-23-7-9-25-49(46)59-50-26-10-8-24-47(50)54/h1-28,30-34,52-53,56-58H,29,55H2. The molecule has 11 rings (SSSR count). The van der Waals surface area contributed by atoms with Crippen LogP contribution in [0.3, 0.4) is 0 Å². The molecule has 1 spiro atoms. The highest BCUT2D eigenvalue weighted by atomic mass is 16.5. The number of dihydropyridines is 2. The lowest BCUT2D eigenvalue weighted by Gasteiger charge is -2.41. The van der Waals surface area contributed by atoms with E-state index >= 15 is 0 Å². The molecule has 3 aliphatic heterocycles. The molecule has 0 amide bonds. The van der Waals surface area contributed by atoms with Gasteiger partial charge in [0.2, 0.25) is 0 Å². The van der Waals surface area contributed by atoms with Crippen molar-refractivity contribution in [1.29, 1.82) is 0 Å². The van der Waals surface area contributed by atoms with Crippen molar-refractivity contribution in [2.45, 2.75) is 17.7 Å². The van der Waals surface area contributed by atoms with Gasteiger partial charge in [0.1, 0.15) is 17.7 Å². The summed E-state index contributed by atoms with van der Waals surface area (Å²) >= 11 is 0. The molecule has 3 heterocycles. The van der Waals surface area contributed by atoms with Crippen LogP contribution in [-0.2, 0) is 5.41 Å². The van der Waals surface area contributed by atoms with Gasteiger partial charge in [0.25, 0.3) is 0 Å². The minimum atomic E-state index is -0.534. The van der Waals surface area contributed by atoms with E-state index < -0.39 is 11.6 Å². The summed E-state index contributed by atoms with van der Waals surface area (Å²) in [5.74, 6) is 1.78. The first-order valence-electron chi connectivity index (χ1n) is 20.3. The SMILES string of the molecule is NC(NC1NC=C(c2ccccc2)C=C1c1ccccc1)c1cccc(-c2cccc(-c3ccc4c(c3)C3(C5=C4C=CCN5)c4ccccc4Oc4ccccc43)c2)c1. The molecule has 0 bridgehead atoms. The van der Waals surface area contributed by atoms with Crippen LogP contribution in [-0.4, -0.2) is 12.7 Å². The molecule has 2 unspecified atom stereocenters. The Hall–Kier alpha value is -7.18. The topological polar surface area (TPSA) is 71.3 Å². The maximum Gasteiger partial charge on any atom is 0.132 e. The van der Waals surface area contributed by atoms with Gasteiger partial charge < -0.3 is 21.1 Å². The number of para-hydroxylation sites is 2. The zero-order chi connectivity index (χ0) is 39.3. The van der Waals surface area contributed by atoms with E-state index in [9.17, 15) is 0 Å². The van der Waals surface area contributed by atoms with Gasteiger partial charge in [-0.05, 0) is 97.6 Å². The molecule has 0 aromatic heterocycles. The van der Waals surface area contributed by atoms with Gasteiger partial charge in [0, 0.05) is 35.1 Å². The van der Waals surface area contributed by atoms with Gasteiger partial charge in [-0.2, -0.15) is 0 Å². The molecule has 0 radical (unpaired) electrons. The van der Waals surface area contributed by atoms with Crippen LogP contribution < -0.4 is 26.4 Å². The Morgan fingerprint density at radius 1 is 0.593 bits per heavy atom. The van der Waals surface area contributed by atoms with Gasteiger partial charge in [-0.3, -0.25) is 5.32 Å². The molecule has 0 saturated heterocycles. The van der Waals surface area contributed by atoms with Gasteiger partial charge in [-0.15, -0.1) is 0 Å². The lowest BCUT2D eigenvalue weighted by atomic mass is 9.67. The highest BCUT2D eigenvalue weighted by Crippen LogP contribution is 2.61. The molecular weight excluding hydrogens is 721 g/mol. The van der Waals surface area contributed by atoms with Crippen molar-refractivity contribution in [2.24, 2.45) is 5.73 Å². The fourth-order valence-electron chi connectivity index (χ4n) is 9.47. The predicted molar refractivity (Wildman–Crippen MR) is 240 cm³/mol.